The Morgan fingerprint density at radius 3 is 2.91 bits per heavy atom. The summed E-state index contributed by atoms with van der Waals surface area (Å²) >= 11 is 0. The summed E-state index contributed by atoms with van der Waals surface area (Å²) in [6.07, 6.45) is 5.26. The van der Waals surface area contributed by atoms with Crippen LogP contribution in [0.2, 0.25) is 0 Å². The van der Waals surface area contributed by atoms with Gasteiger partial charge >= 0.3 is 0 Å². The maximum absolute atomic E-state index is 12.4. The number of rotatable bonds is 4. The summed E-state index contributed by atoms with van der Waals surface area (Å²) in [6, 6.07) is 9.33. The fraction of sp³-hybridized carbons (Fsp3) is 0.188. The highest BCUT2D eigenvalue weighted by Crippen LogP contribution is 2.18. The first-order chi connectivity index (χ1) is 10.7. The van der Waals surface area contributed by atoms with Crippen LogP contribution in [0.25, 0.3) is 5.65 Å². The van der Waals surface area contributed by atoms with Crippen LogP contribution in [0.15, 0.2) is 48.9 Å². The van der Waals surface area contributed by atoms with E-state index in [0.717, 1.165) is 16.9 Å². The highest BCUT2D eigenvalue weighted by molar-refractivity contribution is 5.99. The first-order valence-corrected chi connectivity index (χ1v) is 6.98. The first-order valence-electron chi connectivity index (χ1n) is 6.98. The Bertz CT molecular complexity index is 809. The van der Waals surface area contributed by atoms with Gasteiger partial charge in [-0.2, -0.15) is 5.10 Å². The van der Waals surface area contributed by atoms with Gasteiger partial charge in [0.25, 0.3) is 5.91 Å². The fourth-order valence-corrected chi connectivity index (χ4v) is 2.33. The largest absolute Gasteiger partial charge is 0.377 e. The second-order valence-electron chi connectivity index (χ2n) is 5.15. The lowest BCUT2D eigenvalue weighted by molar-refractivity contribution is 0.0951. The second kappa shape index (κ2) is 5.85. The van der Waals surface area contributed by atoms with Crippen LogP contribution in [0, 0.1) is 0 Å². The van der Waals surface area contributed by atoms with Crippen molar-refractivity contribution in [3.8, 4) is 0 Å². The predicted molar refractivity (Wildman–Crippen MR) is 84.9 cm³/mol. The maximum atomic E-state index is 12.4. The monoisotopic (exact) mass is 295 g/mol. The Hall–Kier alpha value is -2.89. The fourth-order valence-electron chi connectivity index (χ4n) is 2.33. The molecule has 0 aliphatic carbocycles. The zero-order valence-corrected chi connectivity index (χ0v) is 12.5. The number of fused-ring (bicyclic) bond motifs is 1. The molecule has 0 atom stereocenters. The third-order valence-corrected chi connectivity index (χ3v) is 3.42. The summed E-state index contributed by atoms with van der Waals surface area (Å²) < 4.78 is 1.69. The molecule has 0 aliphatic heterocycles. The van der Waals surface area contributed by atoms with E-state index in [1.807, 2.05) is 55.5 Å². The van der Waals surface area contributed by atoms with Gasteiger partial charge in [0, 0.05) is 44.3 Å². The third kappa shape index (κ3) is 2.63. The van der Waals surface area contributed by atoms with Crippen LogP contribution in [0.3, 0.4) is 0 Å². The maximum Gasteiger partial charge on any atom is 0.253 e. The Balaban J connectivity index is 1.78. The van der Waals surface area contributed by atoms with Crippen molar-refractivity contribution in [1.29, 1.82) is 0 Å². The zero-order chi connectivity index (χ0) is 15.5. The van der Waals surface area contributed by atoms with Crippen LogP contribution in [0.1, 0.15) is 15.9 Å². The molecule has 3 aromatic rings. The van der Waals surface area contributed by atoms with Gasteiger partial charge in [-0.05, 0) is 18.2 Å². The molecule has 0 fully saturated rings. The SMILES string of the molecule is CN(C)c1ccccc1C(=O)NCc1cnn2cccnc12. The Labute approximate surface area is 128 Å². The van der Waals surface area contributed by atoms with E-state index in [-0.39, 0.29) is 5.91 Å². The molecule has 1 amide bonds. The zero-order valence-electron chi connectivity index (χ0n) is 12.5. The van der Waals surface area contributed by atoms with E-state index in [2.05, 4.69) is 15.4 Å². The van der Waals surface area contributed by atoms with Crippen molar-refractivity contribution >= 4 is 17.2 Å². The molecule has 0 unspecified atom stereocenters. The summed E-state index contributed by atoms with van der Waals surface area (Å²) in [7, 11) is 3.84. The highest BCUT2D eigenvalue weighted by atomic mass is 16.1. The lowest BCUT2D eigenvalue weighted by atomic mass is 10.1. The number of carbonyl (C=O) groups is 1. The number of anilines is 1. The van der Waals surface area contributed by atoms with E-state index >= 15 is 0 Å². The molecule has 22 heavy (non-hydrogen) atoms. The normalized spacial score (nSPS) is 10.6. The topological polar surface area (TPSA) is 62.5 Å². The molecule has 3 rings (SSSR count). The average molecular weight is 295 g/mol. The third-order valence-electron chi connectivity index (χ3n) is 3.42. The van der Waals surface area contributed by atoms with Gasteiger partial charge in [0.2, 0.25) is 0 Å². The van der Waals surface area contributed by atoms with Crippen molar-refractivity contribution < 1.29 is 4.79 Å². The van der Waals surface area contributed by atoms with Crippen LogP contribution in [0.5, 0.6) is 0 Å². The van der Waals surface area contributed by atoms with Crippen molar-refractivity contribution in [3.63, 3.8) is 0 Å². The van der Waals surface area contributed by atoms with Gasteiger partial charge in [0.05, 0.1) is 11.8 Å². The number of hydrogen-bond acceptors (Lipinski definition) is 4. The molecule has 0 saturated heterocycles. The molecule has 6 nitrogen and oxygen atoms in total. The van der Waals surface area contributed by atoms with Gasteiger partial charge in [-0.3, -0.25) is 4.79 Å². The minimum absolute atomic E-state index is 0.111. The van der Waals surface area contributed by atoms with Gasteiger partial charge < -0.3 is 10.2 Å². The van der Waals surface area contributed by atoms with Gasteiger partial charge in [-0.25, -0.2) is 9.50 Å². The smallest absolute Gasteiger partial charge is 0.253 e. The predicted octanol–water partition coefficient (Wildman–Crippen LogP) is 1.73. The van der Waals surface area contributed by atoms with E-state index in [1.165, 1.54) is 0 Å². The molecule has 0 radical (unpaired) electrons. The number of carbonyl (C=O) groups excluding carboxylic acids is 1. The summed E-state index contributed by atoms with van der Waals surface area (Å²) in [5, 5.41) is 7.14. The molecular weight excluding hydrogens is 278 g/mol. The molecule has 2 heterocycles. The number of benzene rings is 1. The van der Waals surface area contributed by atoms with Crippen LogP contribution in [-0.4, -0.2) is 34.6 Å². The van der Waals surface area contributed by atoms with Crippen molar-refractivity contribution in [3.05, 3.63) is 60.0 Å². The number of hydrogen-bond donors (Lipinski definition) is 1. The van der Waals surface area contributed by atoms with Crippen LogP contribution in [0.4, 0.5) is 5.69 Å². The Kier molecular flexibility index (Phi) is 3.74. The van der Waals surface area contributed by atoms with Gasteiger partial charge in [0.1, 0.15) is 0 Å². The molecule has 0 spiro atoms. The Morgan fingerprint density at radius 2 is 2.09 bits per heavy atom. The number of amides is 1. The lowest BCUT2D eigenvalue weighted by Crippen LogP contribution is -2.25. The molecule has 0 bridgehead atoms. The number of para-hydroxylation sites is 1. The van der Waals surface area contributed by atoms with E-state index in [1.54, 1.807) is 16.9 Å². The highest BCUT2D eigenvalue weighted by Gasteiger charge is 2.13. The summed E-state index contributed by atoms with van der Waals surface area (Å²) in [4.78, 5) is 18.6. The summed E-state index contributed by atoms with van der Waals surface area (Å²) in [6.45, 7) is 0.390. The van der Waals surface area contributed by atoms with E-state index < -0.39 is 0 Å². The summed E-state index contributed by atoms with van der Waals surface area (Å²) in [5.41, 5.74) is 3.18. The quantitative estimate of drug-likeness (QED) is 0.796. The molecule has 0 aliphatic rings. The first kappa shape index (κ1) is 14.1. The number of aromatic nitrogens is 3. The molecule has 2 aromatic heterocycles. The molecule has 1 N–H and O–H groups in total. The molecule has 1 aromatic carbocycles. The number of nitrogens with one attached hydrogen (secondary N) is 1. The van der Waals surface area contributed by atoms with E-state index in [9.17, 15) is 4.79 Å². The Morgan fingerprint density at radius 1 is 1.27 bits per heavy atom. The van der Waals surface area contributed by atoms with Gasteiger partial charge in [-0.1, -0.05) is 12.1 Å². The van der Waals surface area contributed by atoms with Crippen LogP contribution >= 0.6 is 0 Å². The molecule has 0 saturated carbocycles. The number of nitrogens with zero attached hydrogens (tertiary/aromatic N) is 4. The van der Waals surface area contributed by atoms with E-state index in [0.29, 0.717) is 12.1 Å². The molecule has 6 heteroatoms. The second-order valence-corrected chi connectivity index (χ2v) is 5.15. The van der Waals surface area contributed by atoms with Crippen molar-refractivity contribution in [2.24, 2.45) is 0 Å². The van der Waals surface area contributed by atoms with E-state index in [4.69, 9.17) is 0 Å². The summed E-state index contributed by atoms with van der Waals surface area (Å²) in [5.74, 6) is -0.111. The standard InChI is InChI=1S/C16H17N5O/c1-20(2)14-7-4-3-6-13(14)16(22)18-10-12-11-19-21-9-5-8-17-15(12)21/h3-9,11H,10H2,1-2H3,(H,18,22). The van der Waals surface area contributed by atoms with Crippen LogP contribution < -0.4 is 10.2 Å². The van der Waals surface area contributed by atoms with Crippen molar-refractivity contribution in [1.82, 2.24) is 19.9 Å². The van der Waals surface area contributed by atoms with Gasteiger partial charge in [0.15, 0.2) is 5.65 Å². The van der Waals surface area contributed by atoms with Gasteiger partial charge in [-0.15, -0.1) is 0 Å². The molecule has 112 valence electrons. The average Bonchev–Trinajstić information content (AvgIpc) is 2.96. The van der Waals surface area contributed by atoms with Crippen LogP contribution in [-0.2, 0) is 6.54 Å². The molecular formula is C16H17N5O. The minimum Gasteiger partial charge on any atom is -0.377 e. The lowest BCUT2D eigenvalue weighted by Gasteiger charge is -2.16. The minimum atomic E-state index is -0.111. The van der Waals surface area contributed by atoms with Crippen molar-refractivity contribution in [2.45, 2.75) is 6.54 Å². The van der Waals surface area contributed by atoms with Crippen molar-refractivity contribution in [2.75, 3.05) is 19.0 Å².